The van der Waals surface area contributed by atoms with Gasteiger partial charge in [-0.3, -0.25) is 38.4 Å². The van der Waals surface area contributed by atoms with Gasteiger partial charge in [0.1, 0.15) is 47.5 Å². The van der Waals surface area contributed by atoms with Crippen molar-refractivity contribution in [3.63, 3.8) is 0 Å². The number of carbonyl (C=O) groups excluding carboxylic acids is 8. The van der Waals surface area contributed by atoms with Crippen LogP contribution < -0.4 is 62.6 Å². The molecule has 1 fully saturated rings. The first-order valence-electron chi connectivity index (χ1n) is 40.0. The molecule has 0 radical (unpaired) electrons. The van der Waals surface area contributed by atoms with Crippen LogP contribution >= 0.6 is 0 Å². The zero-order valence-corrected chi connectivity index (χ0v) is 69.7. The fourth-order valence-electron chi connectivity index (χ4n) is 15.9. The normalized spacial score (nSPS) is 21.3. The number of aliphatic hydroxyl groups excluding tert-OH is 1. The highest BCUT2D eigenvalue weighted by atomic mass is 16.5. The van der Waals surface area contributed by atoms with Gasteiger partial charge in [-0.2, -0.15) is 21.0 Å². The van der Waals surface area contributed by atoms with E-state index in [1.807, 2.05) is 78.8 Å². The summed E-state index contributed by atoms with van der Waals surface area (Å²) in [5, 5.41) is 67.7. The van der Waals surface area contributed by atoms with Gasteiger partial charge in [-0.25, -0.2) is 19.9 Å². The number of nitriles is 4. The Morgan fingerprint density at radius 2 is 0.708 bits per heavy atom. The van der Waals surface area contributed by atoms with Gasteiger partial charge in [-0.1, -0.05) is 27.7 Å². The van der Waals surface area contributed by atoms with E-state index < -0.39 is 12.0 Å². The molecular formula is C90H102N20O10. The van der Waals surface area contributed by atoms with Crippen LogP contribution in [0.1, 0.15) is 220 Å². The summed E-state index contributed by atoms with van der Waals surface area (Å²) in [4.78, 5) is 123. The summed E-state index contributed by atoms with van der Waals surface area (Å²) in [6.07, 6.45) is 7.01. The molecule has 10 N–H and O–H groups in total. The molecule has 0 saturated carbocycles. The van der Waals surface area contributed by atoms with Crippen molar-refractivity contribution >= 4 is 93.3 Å². The fourth-order valence-corrected chi connectivity index (χ4v) is 15.9. The van der Waals surface area contributed by atoms with Crippen molar-refractivity contribution in [2.75, 3.05) is 67.2 Å². The largest absolute Gasteiger partial charge is 0.392 e. The minimum atomic E-state index is -0.646. The highest BCUT2D eigenvalue weighted by molar-refractivity contribution is 6.01. The molecule has 0 bridgehead atoms. The number of rotatable bonds is 16. The maximum atomic E-state index is 13.0. The molecule has 13 atom stereocenters. The van der Waals surface area contributed by atoms with Gasteiger partial charge in [0.25, 0.3) is 17.7 Å². The van der Waals surface area contributed by atoms with E-state index in [2.05, 4.69) is 89.2 Å². The molecule has 5 aliphatic rings. The lowest BCUT2D eigenvalue weighted by Crippen LogP contribution is -2.48. The van der Waals surface area contributed by atoms with Gasteiger partial charge in [0, 0.05) is 178 Å². The molecule has 622 valence electrons. The molecule has 13 rings (SSSR count). The first kappa shape index (κ1) is 88.7. The number of anilines is 8. The van der Waals surface area contributed by atoms with Crippen molar-refractivity contribution in [3.8, 4) is 24.3 Å². The Morgan fingerprint density at radius 3 is 0.958 bits per heavy atom. The van der Waals surface area contributed by atoms with Crippen molar-refractivity contribution in [1.82, 2.24) is 35.9 Å². The maximum absolute atomic E-state index is 13.0. The number of amides is 8. The fraction of sp³-hybridized carbons (Fsp3) is 0.378. The lowest BCUT2D eigenvalue weighted by atomic mass is 9.82. The zero-order valence-electron chi connectivity index (χ0n) is 69.7. The van der Waals surface area contributed by atoms with E-state index in [9.17, 15) is 43.5 Å². The lowest BCUT2D eigenvalue weighted by Gasteiger charge is -2.44. The van der Waals surface area contributed by atoms with E-state index in [1.54, 1.807) is 137 Å². The minimum Gasteiger partial charge on any atom is -0.392 e. The molecular weight excluding hydrogens is 1520 g/mol. The number of fused-ring (bicyclic) bond motifs is 4. The molecule has 30 heteroatoms. The van der Waals surface area contributed by atoms with Gasteiger partial charge in [0.05, 0.1) is 52.5 Å². The lowest BCUT2D eigenvalue weighted by molar-refractivity contribution is -0.118. The Balaban J connectivity index is 0.000000169. The predicted octanol–water partition coefficient (Wildman–Crippen LogP) is 11.9. The Hall–Kier alpha value is -13.7. The number of nitrogens with two attached hydrogens (primary N) is 1. The topological polar surface area (TPSA) is 436 Å². The zero-order chi connectivity index (χ0) is 87.1. The number of primary amides is 1. The number of carbonyl (C=O) groups is 8. The Bertz CT molecular complexity index is 5290. The summed E-state index contributed by atoms with van der Waals surface area (Å²) in [5.41, 5.74) is 15.8. The molecule has 4 aromatic heterocycles. The minimum absolute atomic E-state index is 0.0182. The number of hydrogen-bond acceptors (Lipinski definition) is 22. The van der Waals surface area contributed by atoms with Crippen LogP contribution in [-0.2, 0) is 23.9 Å². The summed E-state index contributed by atoms with van der Waals surface area (Å²) in [6.45, 7) is 28.0. The smallest absolute Gasteiger partial charge is 0.251 e. The Morgan fingerprint density at radius 1 is 0.433 bits per heavy atom. The SMILES string of the molecule is CC(=O)N1c2ccc(C(=O)NC3CCOCC3)cc2C(Nc2ccc(C#N)cn2)C(C)C1C.CC(=O)N1c2ccc(C(=O)NC[C@@H](C)O)cc2C(Nc2ccc(C#N)cn2)C(C)C1C.CC(=O)N1c2ccc(C(N)=O)cc2C(Nc2ccc(C#N)cn2)C(C)C1C.CCNC(=O)c1ccc2c(c1)C(Nc1ccc(C#N)cn1)C(C)C(C)N2C(C)=O. The van der Waals surface area contributed by atoms with E-state index in [0.717, 1.165) is 57.8 Å². The summed E-state index contributed by atoms with van der Waals surface area (Å²) >= 11 is 0. The number of nitrogens with one attached hydrogen (secondary N) is 7. The van der Waals surface area contributed by atoms with Crippen LogP contribution in [0.4, 0.5) is 46.0 Å². The third kappa shape index (κ3) is 20.3. The van der Waals surface area contributed by atoms with Crippen LogP contribution in [0, 0.1) is 69.0 Å². The average Bonchev–Trinajstić information content (AvgIpc) is 0.775. The second-order valence-electron chi connectivity index (χ2n) is 30.9. The average molecular weight is 1620 g/mol. The highest BCUT2D eigenvalue weighted by Gasteiger charge is 2.44. The van der Waals surface area contributed by atoms with Crippen molar-refractivity contribution in [2.24, 2.45) is 29.4 Å². The molecule has 8 aromatic rings. The number of ether oxygens (including phenoxy) is 1. The Labute approximate surface area is 698 Å². The third-order valence-electron chi connectivity index (χ3n) is 22.9. The quantitative estimate of drug-likeness (QED) is 0.0434. The van der Waals surface area contributed by atoms with E-state index in [-0.39, 0.29) is 126 Å². The Kier molecular flexibility index (Phi) is 29.2. The van der Waals surface area contributed by atoms with Gasteiger partial charge in [-0.05, 0) is 198 Å². The maximum Gasteiger partial charge on any atom is 0.251 e. The number of aromatic nitrogens is 4. The number of hydrogen-bond donors (Lipinski definition) is 9. The van der Waals surface area contributed by atoms with Crippen LogP contribution in [0.25, 0.3) is 0 Å². The molecule has 4 aromatic carbocycles. The molecule has 0 aliphatic carbocycles. The van der Waals surface area contributed by atoms with Gasteiger partial charge < -0.3 is 72.4 Å². The molecule has 1 saturated heterocycles. The molecule has 8 amide bonds. The monoisotopic (exact) mass is 1620 g/mol. The van der Waals surface area contributed by atoms with Gasteiger partial charge in [-0.15, -0.1) is 0 Å². The van der Waals surface area contributed by atoms with Crippen LogP contribution in [-0.4, -0.2) is 135 Å². The summed E-state index contributed by atoms with van der Waals surface area (Å²) in [5.74, 6) is 1.39. The summed E-state index contributed by atoms with van der Waals surface area (Å²) in [7, 11) is 0. The number of nitrogens with zero attached hydrogens (tertiary/aromatic N) is 12. The molecule has 12 unspecified atom stereocenters. The van der Waals surface area contributed by atoms with E-state index in [4.69, 9.17) is 31.5 Å². The molecule has 0 spiro atoms. The highest BCUT2D eigenvalue weighted by Crippen LogP contribution is 2.48. The van der Waals surface area contributed by atoms with Gasteiger partial charge >= 0.3 is 0 Å². The summed E-state index contributed by atoms with van der Waals surface area (Å²) in [6, 6.07) is 42.6. The predicted molar refractivity (Wildman–Crippen MR) is 456 cm³/mol. The first-order chi connectivity index (χ1) is 57.3. The molecule has 120 heavy (non-hydrogen) atoms. The van der Waals surface area contributed by atoms with Gasteiger partial charge in [0.15, 0.2) is 0 Å². The standard InChI is InChI=1S/C25H29N5O3.C23H27N5O3.C22H25N5O2.C20H21N5O2/c1-15-16(2)30(17(3)31)22-6-5-19(25(32)28-20-8-10-33-11-9-20)12-21(22)24(15)29-23-7-4-18(13-26)14-27-23;1-13(29)11-26-23(31)18-6-7-20-19(9-18)22(14(2)15(3)28(20)16(4)30)27-21-8-5-17(10-24)12-25-21;1-5-24-22(29)17-7-8-19-18(10-17)21(13(2)14(3)27(19)15(4)28)26-20-9-6-16(11-23)12-25-20;1-11-12(2)25(13(3)26)17-6-5-15(20(22)27)8-16(17)19(11)24-18-7-4-14(9-21)10-23-18/h4-7,12,14-16,20,24H,8-11H2,1-3H3,(H,27,29)(H,28,32);5-9,12-15,22,29H,11H2,1-4H3,(H,25,27)(H,26,31);6-10,12-14,21H,5H2,1-4H3,(H,24,29)(H,25,26);4-8,10-12,19H,1-3H3,(H2,22,27)(H,23,24)/t;13-,14?,15?,22?;;/m.1../s1. The van der Waals surface area contributed by atoms with E-state index >= 15 is 0 Å². The number of aliphatic hydroxyl groups is 1. The summed E-state index contributed by atoms with van der Waals surface area (Å²) < 4.78 is 5.38. The van der Waals surface area contributed by atoms with Crippen LogP contribution in [0.5, 0.6) is 0 Å². The van der Waals surface area contributed by atoms with Crippen LogP contribution in [0.15, 0.2) is 146 Å². The van der Waals surface area contributed by atoms with Gasteiger partial charge in [0.2, 0.25) is 29.5 Å². The molecule has 9 heterocycles. The van der Waals surface area contributed by atoms with Crippen molar-refractivity contribution < 1.29 is 48.2 Å². The molecule has 5 aliphatic heterocycles. The third-order valence-corrected chi connectivity index (χ3v) is 22.9. The van der Waals surface area contributed by atoms with Crippen LogP contribution in [0.2, 0.25) is 0 Å². The number of benzene rings is 4. The van der Waals surface area contributed by atoms with Crippen molar-refractivity contribution in [1.29, 1.82) is 21.0 Å². The second kappa shape index (κ2) is 39.5. The van der Waals surface area contributed by atoms with Crippen molar-refractivity contribution in [2.45, 2.75) is 170 Å². The van der Waals surface area contributed by atoms with E-state index in [0.29, 0.717) is 87.5 Å². The number of pyridine rings is 4. The molecule has 30 nitrogen and oxygen atoms in total. The van der Waals surface area contributed by atoms with Crippen molar-refractivity contribution in [3.05, 3.63) is 213 Å². The first-order valence-corrected chi connectivity index (χ1v) is 40.0. The van der Waals surface area contributed by atoms with Crippen LogP contribution in [0.3, 0.4) is 0 Å². The van der Waals surface area contributed by atoms with E-state index in [1.165, 1.54) is 38.6 Å². The second-order valence-corrected chi connectivity index (χ2v) is 30.9.